The molecule has 0 heterocycles. The summed E-state index contributed by atoms with van der Waals surface area (Å²) in [4.78, 5) is 2.32. The van der Waals surface area contributed by atoms with E-state index in [1.54, 1.807) is 0 Å². The van der Waals surface area contributed by atoms with E-state index in [9.17, 15) is 0 Å². The van der Waals surface area contributed by atoms with Crippen molar-refractivity contribution < 1.29 is 0 Å². The number of hydrogen-bond donors (Lipinski definition) is 0. The molecule has 0 saturated heterocycles. The Bertz CT molecular complexity index is 1540. The van der Waals surface area contributed by atoms with Crippen molar-refractivity contribution in [2.45, 2.75) is 20.8 Å². The van der Waals surface area contributed by atoms with Crippen LogP contribution in [0.15, 0.2) is 121 Å². The summed E-state index contributed by atoms with van der Waals surface area (Å²) >= 11 is 0. The van der Waals surface area contributed by atoms with Crippen LogP contribution >= 0.6 is 0 Å². The first kappa shape index (κ1) is 25.0. The van der Waals surface area contributed by atoms with Crippen molar-refractivity contribution in [2.75, 3.05) is 4.90 Å². The number of anilines is 3. The summed E-state index contributed by atoms with van der Waals surface area (Å²) in [6, 6.07) is 43.2. The van der Waals surface area contributed by atoms with Gasteiger partial charge in [-0.3, -0.25) is 0 Å². The van der Waals surface area contributed by atoms with Gasteiger partial charge in [-0.05, 0) is 90.6 Å². The molecule has 0 spiro atoms. The van der Waals surface area contributed by atoms with E-state index in [1.165, 1.54) is 38.9 Å². The Kier molecular flexibility index (Phi) is 7.66. The van der Waals surface area contributed by atoms with Gasteiger partial charge in [-0.25, -0.2) is 0 Å². The van der Waals surface area contributed by atoms with Crippen molar-refractivity contribution in [3.05, 3.63) is 160 Å². The van der Waals surface area contributed by atoms with Gasteiger partial charge in [0.1, 0.15) is 0 Å². The lowest BCUT2D eigenvalue weighted by Gasteiger charge is -2.26. The highest BCUT2D eigenvalue weighted by Gasteiger charge is 2.13. The van der Waals surface area contributed by atoms with Crippen LogP contribution in [-0.2, 0) is 0 Å². The van der Waals surface area contributed by atoms with Gasteiger partial charge >= 0.3 is 0 Å². The van der Waals surface area contributed by atoms with Gasteiger partial charge in [0.05, 0.1) is 0 Å². The molecule has 5 rings (SSSR count). The highest BCUT2D eigenvalue weighted by Crippen LogP contribution is 2.36. The zero-order valence-electron chi connectivity index (χ0n) is 22.3. The SMILES string of the molecule is Cc1ccc(C=Cc2ccc(N(c3ccc(C=Cc4ccccc4)cc3)c3ccc(C)c(C)c3)cc2)cc1. The van der Waals surface area contributed by atoms with E-state index < -0.39 is 0 Å². The molecule has 0 atom stereocenters. The van der Waals surface area contributed by atoms with Crippen molar-refractivity contribution in [3.8, 4) is 0 Å². The van der Waals surface area contributed by atoms with Crippen molar-refractivity contribution in [3.63, 3.8) is 0 Å². The molecule has 0 saturated carbocycles. The highest BCUT2D eigenvalue weighted by atomic mass is 15.1. The maximum atomic E-state index is 2.32. The zero-order valence-corrected chi connectivity index (χ0v) is 22.3. The lowest BCUT2D eigenvalue weighted by Crippen LogP contribution is -2.10. The van der Waals surface area contributed by atoms with Crippen LogP contribution in [0.4, 0.5) is 17.1 Å². The molecule has 186 valence electrons. The number of nitrogens with zero attached hydrogens (tertiary/aromatic N) is 1. The van der Waals surface area contributed by atoms with E-state index in [4.69, 9.17) is 0 Å². The number of aryl methyl sites for hydroxylation is 3. The molecule has 0 bridgehead atoms. The Labute approximate surface area is 227 Å². The fraction of sp³-hybridized carbons (Fsp3) is 0.0811. The average Bonchev–Trinajstić information content (AvgIpc) is 2.95. The fourth-order valence-corrected chi connectivity index (χ4v) is 4.41. The minimum atomic E-state index is 1.13. The second-order valence-corrected chi connectivity index (χ2v) is 9.78. The smallest absolute Gasteiger partial charge is 0.0464 e. The molecule has 0 aliphatic carbocycles. The normalized spacial score (nSPS) is 11.3. The molecule has 0 N–H and O–H groups in total. The molecule has 0 unspecified atom stereocenters. The summed E-state index contributed by atoms with van der Waals surface area (Å²) in [6.45, 7) is 6.45. The third-order valence-corrected chi connectivity index (χ3v) is 6.86. The summed E-state index contributed by atoms with van der Waals surface area (Å²) in [6.07, 6.45) is 8.65. The molecular weight excluding hydrogens is 458 g/mol. The number of rotatable bonds is 7. The summed E-state index contributed by atoms with van der Waals surface area (Å²) in [5, 5.41) is 0. The van der Waals surface area contributed by atoms with Crippen molar-refractivity contribution >= 4 is 41.4 Å². The number of benzene rings is 5. The van der Waals surface area contributed by atoms with Crippen LogP contribution in [0.5, 0.6) is 0 Å². The van der Waals surface area contributed by atoms with Crippen molar-refractivity contribution in [2.24, 2.45) is 0 Å². The quantitative estimate of drug-likeness (QED) is 0.205. The topological polar surface area (TPSA) is 3.24 Å². The van der Waals surface area contributed by atoms with Crippen LogP contribution in [0.25, 0.3) is 24.3 Å². The lowest BCUT2D eigenvalue weighted by molar-refractivity contribution is 1.25. The lowest BCUT2D eigenvalue weighted by atomic mass is 10.1. The Morgan fingerprint density at radius 1 is 0.395 bits per heavy atom. The van der Waals surface area contributed by atoms with Crippen LogP contribution in [0.1, 0.15) is 38.9 Å². The molecule has 0 fully saturated rings. The van der Waals surface area contributed by atoms with Gasteiger partial charge in [-0.2, -0.15) is 0 Å². The molecule has 38 heavy (non-hydrogen) atoms. The van der Waals surface area contributed by atoms with Crippen LogP contribution in [0.2, 0.25) is 0 Å². The molecule has 0 aromatic heterocycles. The maximum Gasteiger partial charge on any atom is 0.0464 e. The summed E-state index contributed by atoms with van der Waals surface area (Å²) < 4.78 is 0. The zero-order chi connectivity index (χ0) is 26.3. The average molecular weight is 492 g/mol. The maximum absolute atomic E-state index is 2.32. The van der Waals surface area contributed by atoms with Gasteiger partial charge in [0, 0.05) is 17.1 Å². The van der Waals surface area contributed by atoms with E-state index in [-0.39, 0.29) is 0 Å². The second kappa shape index (κ2) is 11.6. The van der Waals surface area contributed by atoms with E-state index in [0.29, 0.717) is 0 Å². The van der Waals surface area contributed by atoms with Gasteiger partial charge < -0.3 is 4.90 Å². The monoisotopic (exact) mass is 491 g/mol. The molecule has 5 aromatic carbocycles. The van der Waals surface area contributed by atoms with Crippen LogP contribution in [0.3, 0.4) is 0 Å². The molecule has 1 nitrogen and oxygen atoms in total. The first-order chi connectivity index (χ1) is 18.5. The van der Waals surface area contributed by atoms with Crippen molar-refractivity contribution in [1.29, 1.82) is 0 Å². The first-order valence-corrected chi connectivity index (χ1v) is 13.1. The molecule has 0 aliphatic rings. The minimum absolute atomic E-state index is 1.13. The van der Waals surface area contributed by atoms with Gasteiger partial charge in [0.25, 0.3) is 0 Å². The third-order valence-electron chi connectivity index (χ3n) is 6.86. The van der Waals surface area contributed by atoms with Crippen LogP contribution in [-0.4, -0.2) is 0 Å². The Balaban J connectivity index is 1.43. The molecule has 1 heteroatoms. The highest BCUT2D eigenvalue weighted by molar-refractivity contribution is 5.79. The number of hydrogen-bond acceptors (Lipinski definition) is 1. The van der Waals surface area contributed by atoms with E-state index in [1.807, 2.05) is 6.07 Å². The molecular formula is C37H33N. The molecule has 0 aliphatic heterocycles. The van der Waals surface area contributed by atoms with Gasteiger partial charge in [-0.15, -0.1) is 0 Å². The van der Waals surface area contributed by atoms with E-state index in [0.717, 1.165) is 17.1 Å². The Morgan fingerprint density at radius 3 is 1.29 bits per heavy atom. The summed E-state index contributed by atoms with van der Waals surface area (Å²) in [5.41, 5.74) is 12.0. The second-order valence-electron chi connectivity index (χ2n) is 9.78. The molecule has 0 amide bonds. The standard InChI is InChI=1S/C37H33N/c1-28-9-12-32(13-10-28)16-17-34-20-25-36(26-21-34)38(37-22-11-29(2)30(3)27-37)35-23-18-33(19-24-35)15-14-31-7-5-4-6-8-31/h4-27H,1-3H3. The van der Waals surface area contributed by atoms with Gasteiger partial charge in [-0.1, -0.05) is 115 Å². The molecule has 0 radical (unpaired) electrons. The van der Waals surface area contributed by atoms with Crippen LogP contribution in [0, 0.1) is 20.8 Å². The first-order valence-electron chi connectivity index (χ1n) is 13.1. The van der Waals surface area contributed by atoms with E-state index >= 15 is 0 Å². The third kappa shape index (κ3) is 6.19. The largest absolute Gasteiger partial charge is 0.310 e. The predicted molar refractivity (Wildman–Crippen MR) is 166 cm³/mol. The summed E-state index contributed by atoms with van der Waals surface area (Å²) in [5.74, 6) is 0. The van der Waals surface area contributed by atoms with E-state index in [2.05, 4.69) is 165 Å². The Morgan fingerprint density at radius 2 is 0.816 bits per heavy atom. The van der Waals surface area contributed by atoms with Crippen LogP contribution < -0.4 is 4.90 Å². The molecule has 5 aromatic rings. The fourth-order valence-electron chi connectivity index (χ4n) is 4.41. The van der Waals surface area contributed by atoms with Gasteiger partial charge in [0.15, 0.2) is 0 Å². The minimum Gasteiger partial charge on any atom is -0.310 e. The van der Waals surface area contributed by atoms with Crippen molar-refractivity contribution in [1.82, 2.24) is 0 Å². The predicted octanol–water partition coefficient (Wildman–Crippen LogP) is 10.4. The van der Waals surface area contributed by atoms with Gasteiger partial charge in [0.2, 0.25) is 0 Å². The Hall–Kier alpha value is -4.62. The summed E-state index contributed by atoms with van der Waals surface area (Å²) in [7, 11) is 0.